The molecule has 0 saturated carbocycles. The molecule has 0 aliphatic rings. The van der Waals surface area contributed by atoms with Gasteiger partial charge in [-0.1, -0.05) is 35.9 Å². The van der Waals surface area contributed by atoms with Gasteiger partial charge in [0.1, 0.15) is 5.82 Å². The Morgan fingerprint density at radius 2 is 1.89 bits per heavy atom. The second-order valence-corrected chi connectivity index (χ2v) is 6.67. The number of pyridine rings is 1. The van der Waals surface area contributed by atoms with E-state index in [-0.39, 0.29) is 0 Å². The van der Waals surface area contributed by atoms with Gasteiger partial charge >= 0.3 is 0 Å². The molecule has 132 valence electrons. The highest BCUT2D eigenvalue weighted by atomic mass is 35.5. The summed E-state index contributed by atoms with van der Waals surface area (Å²) in [4.78, 5) is 8.63. The number of nitrogens with zero attached hydrogens (tertiary/aromatic N) is 4. The van der Waals surface area contributed by atoms with E-state index < -0.39 is 0 Å². The van der Waals surface area contributed by atoms with Crippen LogP contribution in [0.4, 0.5) is 5.82 Å². The van der Waals surface area contributed by atoms with Gasteiger partial charge in [-0.2, -0.15) is 5.26 Å². The first kappa shape index (κ1) is 17.1. The normalized spacial score (nSPS) is 10.7. The van der Waals surface area contributed by atoms with Crippen LogP contribution in [-0.4, -0.2) is 14.5 Å². The quantitative estimate of drug-likeness (QED) is 0.554. The fraction of sp³-hybridized carbons (Fsp3) is 0.0952. The molecule has 0 bridgehead atoms. The third kappa shape index (κ3) is 3.91. The lowest BCUT2D eigenvalue weighted by Crippen LogP contribution is -2.03. The molecule has 5 nitrogen and oxygen atoms in total. The second kappa shape index (κ2) is 7.48. The Morgan fingerprint density at radius 1 is 1.07 bits per heavy atom. The highest BCUT2D eigenvalue weighted by Gasteiger charge is 2.06. The fourth-order valence-corrected chi connectivity index (χ4v) is 3.10. The molecular weight excluding hydrogens is 358 g/mol. The maximum atomic E-state index is 9.42. The van der Waals surface area contributed by atoms with Gasteiger partial charge in [-0.15, -0.1) is 0 Å². The molecule has 4 rings (SSSR count). The standard InChI is InChI=1S/C21H16ClN5/c22-18-5-6-20-19(10-18)17(11-23)9-21(26-20)25-12-15-1-3-16(4-2-15)13-27-8-7-24-14-27/h1-10,14H,12-13H2,(H,25,26). The first-order valence-electron chi connectivity index (χ1n) is 8.49. The summed E-state index contributed by atoms with van der Waals surface area (Å²) >= 11 is 6.03. The predicted octanol–water partition coefficient (Wildman–Crippen LogP) is 4.62. The molecule has 2 aromatic carbocycles. The fourth-order valence-electron chi connectivity index (χ4n) is 2.93. The van der Waals surface area contributed by atoms with E-state index in [0.29, 0.717) is 22.9 Å². The highest BCUT2D eigenvalue weighted by molar-refractivity contribution is 6.31. The molecule has 0 unspecified atom stereocenters. The van der Waals surface area contributed by atoms with Gasteiger partial charge in [-0.3, -0.25) is 0 Å². The van der Waals surface area contributed by atoms with Crippen LogP contribution >= 0.6 is 11.6 Å². The number of aromatic nitrogens is 3. The molecule has 0 aliphatic carbocycles. The Bertz CT molecular complexity index is 1110. The summed E-state index contributed by atoms with van der Waals surface area (Å²) in [5.41, 5.74) is 3.66. The summed E-state index contributed by atoms with van der Waals surface area (Å²) < 4.78 is 2.03. The van der Waals surface area contributed by atoms with E-state index in [1.165, 1.54) is 5.56 Å². The van der Waals surface area contributed by atoms with Gasteiger partial charge in [0.15, 0.2) is 0 Å². The lowest BCUT2D eigenvalue weighted by atomic mass is 10.1. The molecule has 0 radical (unpaired) electrons. The zero-order chi connectivity index (χ0) is 18.6. The molecule has 0 spiro atoms. The lowest BCUT2D eigenvalue weighted by Gasteiger charge is -2.09. The highest BCUT2D eigenvalue weighted by Crippen LogP contribution is 2.24. The summed E-state index contributed by atoms with van der Waals surface area (Å²) in [6.07, 6.45) is 5.53. The summed E-state index contributed by atoms with van der Waals surface area (Å²) in [7, 11) is 0. The van der Waals surface area contributed by atoms with Gasteiger partial charge in [0.05, 0.1) is 23.5 Å². The van der Waals surface area contributed by atoms with E-state index in [0.717, 1.165) is 23.0 Å². The number of halogens is 1. The number of nitrogens with one attached hydrogen (secondary N) is 1. The minimum atomic E-state index is 0.556. The molecule has 0 atom stereocenters. The third-order valence-corrected chi connectivity index (χ3v) is 4.55. The van der Waals surface area contributed by atoms with Gasteiger partial charge in [0.25, 0.3) is 0 Å². The molecule has 27 heavy (non-hydrogen) atoms. The van der Waals surface area contributed by atoms with Crippen molar-refractivity contribution >= 4 is 28.3 Å². The van der Waals surface area contributed by atoms with Crippen molar-refractivity contribution in [1.29, 1.82) is 5.26 Å². The molecule has 0 saturated heterocycles. The van der Waals surface area contributed by atoms with Crippen LogP contribution in [0, 0.1) is 11.3 Å². The number of hydrogen-bond donors (Lipinski definition) is 1. The average Bonchev–Trinajstić information content (AvgIpc) is 3.20. The minimum absolute atomic E-state index is 0.556. The number of rotatable bonds is 5. The summed E-state index contributed by atoms with van der Waals surface area (Å²) in [5, 5.41) is 14.1. The SMILES string of the molecule is N#Cc1cc(NCc2ccc(Cn3ccnc3)cc2)nc2ccc(Cl)cc12. The maximum Gasteiger partial charge on any atom is 0.128 e. The van der Waals surface area contributed by atoms with Gasteiger partial charge in [-0.05, 0) is 35.4 Å². The largest absolute Gasteiger partial charge is 0.366 e. The van der Waals surface area contributed by atoms with Gasteiger partial charge in [0, 0.05) is 35.9 Å². The van der Waals surface area contributed by atoms with E-state index >= 15 is 0 Å². The van der Waals surface area contributed by atoms with Crippen molar-refractivity contribution in [2.75, 3.05) is 5.32 Å². The van der Waals surface area contributed by atoms with E-state index in [1.807, 2.05) is 16.8 Å². The number of imidazole rings is 1. The number of hydrogen-bond acceptors (Lipinski definition) is 4. The number of nitriles is 1. The molecule has 0 aliphatic heterocycles. The van der Waals surface area contributed by atoms with Crippen molar-refractivity contribution in [3.8, 4) is 6.07 Å². The molecule has 6 heteroatoms. The van der Waals surface area contributed by atoms with Gasteiger partial charge in [-0.25, -0.2) is 9.97 Å². The lowest BCUT2D eigenvalue weighted by molar-refractivity contribution is 0.797. The van der Waals surface area contributed by atoms with Crippen molar-refractivity contribution in [3.63, 3.8) is 0 Å². The first-order valence-corrected chi connectivity index (χ1v) is 8.87. The molecule has 1 N–H and O–H groups in total. The summed E-state index contributed by atoms with van der Waals surface area (Å²) in [6, 6.07) is 17.7. The monoisotopic (exact) mass is 373 g/mol. The van der Waals surface area contributed by atoms with Gasteiger partial charge in [0.2, 0.25) is 0 Å². The van der Waals surface area contributed by atoms with Crippen LogP contribution in [0.25, 0.3) is 10.9 Å². The first-order chi connectivity index (χ1) is 13.2. The van der Waals surface area contributed by atoms with Crippen molar-refractivity contribution in [3.05, 3.63) is 89.0 Å². The Hall–Kier alpha value is -3.36. The zero-order valence-electron chi connectivity index (χ0n) is 14.4. The molecule has 0 fully saturated rings. The van der Waals surface area contributed by atoms with E-state index in [2.05, 4.69) is 45.6 Å². The van der Waals surface area contributed by atoms with E-state index in [4.69, 9.17) is 11.6 Å². The molecule has 2 aromatic heterocycles. The molecule has 0 amide bonds. The smallest absolute Gasteiger partial charge is 0.128 e. The van der Waals surface area contributed by atoms with Crippen LogP contribution in [0.2, 0.25) is 5.02 Å². The van der Waals surface area contributed by atoms with Crippen LogP contribution in [0.15, 0.2) is 67.3 Å². The Labute approximate surface area is 161 Å². The Morgan fingerprint density at radius 3 is 2.63 bits per heavy atom. The van der Waals surface area contributed by atoms with Crippen LogP contribution in [0.3, 0.4) is 0 Å². The maximum absolute atomic E-state index is 9.42. The minimum Gasteiger partial charge on any atom is -0.366 e. The predicted molar refractivity (Wildman–Crippen MR) is 107 cm³/mol. The number of anilines is 1. The van der Waals surface area contributed by atoms with Crippen molar-refractivity contribution in [1.82, 2.24) is 14.5 Å². The Kier molecular flexibility index (Phi) is 4.73. The number of benzene rings is 2. The molecule has 2 heterocycles. The average molecular weight is 374 g/mol. The van der Waals surface area contributed by atoms with Crippen molar-refractivity contribution < 1.29 is 0 Å². The van der Waals surface area contributed by atoms with Crippen LogP contribution in [0.1, 0.15) is 16.7 Å². The Balaban J connectivity index is 1.48. The zero-order valence-corrected chi connectivity index (χ0v) is 15.2. The van der Waals surface area contributed by atoms with Crippen LogP contribution in [0.5, 0.6) is 0 Å². The third-order valence-electron chi connectivity index (χ3n) is 4.31. The summed E-state index contributed by atoms with van der Waals surface area (Å²) in [5.74, 6) is 0.670. The van der Waals surface area contributed by atoms with Crippen molar-refractivity contribution in [2.24, 2.45) is 0 Å². The van der Waals surface area contributed by atoms with Crippen LogP contribution in [-0.2, 0) is 13.1 Å². The molecule has 4 aromatic rings. The van der Waals surface area contributed by atoms with E-state index in [9.17, 15) is 5.26 Å². The number of fused-ring (bicyclic) bond motifs is 1. The van der Waals surface area contributed by atoms with Crippen molar-refractivity contribution in [2.45, 2.75) is 13.1 Å². The van der Waals surface area contributed by atoms with Gasteiger partial charge < -0.3 is 9.88 Å². The van der Waals surface area contributed by atoms with Crippen LogP contribution < -0.4 is 5.32 Å². The molecular formula is C21H16ClN5. The summed E-state index contributed by atoms with van der Waals surface area (Å²) in [6.45, 7) is 1.43. The van der Waals surface area contributed by atoms with E-state index in [1.54, 1.807) is 30.7 Å². The topological polar surface area (TPSA) is 66.5 Å². The second-order valence-electron chi connectivity index (χ2n) is 6.23.